The highest BCUT2D eigenvalue weighted by Gasteiger charge is 2.36. The van der Waals surface area contributed by atoms with E-state index in [1.807, 2.05) is 6.92 Å². The van der Waals surface area contributed by atoms with Crippen LogP contribution in [0.25, 0.3) is 0 Å². The fourth-order valence-electron chi connectivity index (χ4n) is 2.24. The van der Waals surface area contributed by atoms with Crippen LogP contribution in [0.15, 0.2) is 18.2 Å². The van der Waals surface area contributed by atoms with Gasteiger partial charge in [0.2, 0.25) is 0 Å². The molecule has 0 radical (unpaired) electrons. The summed E-state index contributed by atoms with van der Waals surface area (Å²) in [7, 11) is 0. The lowest BCUT2D eigenvalue weighted by atomic mass is 10.1. The van der Waals surface area contributed by atoms with E-state index in [2.05, 4.69) is 0 Å². The molecule has 0 aliphatic carbocycles. The highest BCUT2D eigenvalue weighted by molar-refractivity contribution is 5.94. The quantitative estimate of drug-likeness (QED) is 0.786. The highest BCUT2D eigenvalue weighted by Crippen LogP contribution is 2.32. The summed E-state index contributed by atoms with van der Waals surface area (Å²) < 4.78 is 57.3. The van der Waals surface area contributed by atoms with Crippen molar-refractivity contribution in [3.8, 4) is 0 Å². The summed E-state index contributed by atoms with van der Waals surface area (Å²) in [6.45, 7) is 2.67. The SMILES string of the molecule is CCC1CN(C(=O)c2cccc(C(F)(F)F)c2F)CCO1. The summed E-state index contributed by atoms with van der Waals surface area (Å²) in [4.78, 5) is 13.6. The second kappa shape index (κ2) is 6.01. The second-order valence-electron chi connectivity index (χ2n) is 4.82. The number of benzene rings is 1. The van der Waals surface area contributed by atoms with Crippen molar-refractivity contribution in [1.82, 2.24) is 4.90 Å². The molecule has 0 aromatic heterocycles. The first kappa shape index (κ1) is 15.8. The van der Waals surface area contributed by atoms with E-state index in [4.69, 9.17) is 4.74 Å². The van der Waals surface area contributed by atoms with Gasteiger partial charge in [0.1, 0.15) is 5.82 Å². The predicted octanol–water partition coefficient (Wildman–Crippen LogP) is 3.10. The van der Waals surface area contributed by atoms with Gasteiger partial charge in [0, 0.05) is 13.1 Å². The van der Waals surface area contributed by atoms with Crippen molar-refractivity contribution in [2.45, 2.75) is 25.6 Å². The molecule has 2 rings (SSSR count). The maximum atomic E-state index is 14.0. The number of morpholine rings is 1. The molecule has 0 N–H and O–H groups in total. The van der Waals surface area contributed by atoms with Crippen LogP contribution in [0, 0.1) is 5.82 Å². The van der Waals surface area contributed by atoms with Gasteiger partial charge >= 0.3 is 6.18 Å². The number of alkyl halides is 3. The summed E-state index contributed by atoms with van der Waals surface area (Å²) in [5.74, 6) is -2.25. The molecular formula is C14H15F4NO2. The van der Waals surface area contributed by atoms with Gasteiger partial charge in [0.25, 0.3) is 5.91 Å². The van der Waals surface area contributed by atoms with Crippen LogP contribution in [0.5, 0.6) is 0 Å². The molecule has 1 unspecified atom stereocenters. The Bertz CT molecular complexity index is 530. The molecular weight excluding hydrogens is 290 g/mol. The average molecular weight is 305 g/mol. The molecule has 1 aliphatic rings. The predicted molar refractivity (Wildman–Crippen MR) is 67.3 cm³/mol. The van der Waals surface area contributed by atoms with Crippen LogP contribution < -0.4 is 0 Å². The Morgan fingerprint density at radius 3 is 2.76 bits per heavy atom. The van der Waals surface area contributed by atoms with E-state index < -0.39 is 29.0 Å². The van der Waals surface area contributed by atoms with Crippen molar-refractivity contribution >= 4 is 5.91 Å². The van der Waals surface area contributed by atoms with E-state index in [0.717, 1.165) is 12.1 Å². The Balaban J connectivity index is 2.27. The number of hydrogen-bond donors (Lipinski definition) is 0. The third-order valence-corrected chi connectivity index (χ3v) is 3.42. The summed E-state index contributed by atoms with van der Waals surface area (Å²) in [6.07, 6.45) is -4.32. The highest BCUT2D eigenvalue weighted by atomic mass is 19.4. The Kier molecular flexibility index (Phi) is 4.51. The maximum Gasteiger partial charge on any atom is 0.419 e. The Labute approximate surface area is 119 Å². The number of carbonyl (C=O) groups excluding carboxylic acids is 1. The van der Waals surface area contributed by atoms with Crippen molar-refractivity contribution in [1.29, 1.82) is 0 Å². The lowest BCUT2D eigenvalue weighted by molar-refractivity contribution is -0.140. The molecule has 1 amide bonds. The average Bonchev–Trinajstić information content (AvgIpc) is 2.45. The Morgan fingerprint density at radius 2 is 2.14 bits per heavy atom. The van der Waals surface area contributed by atoms with Gasteiger partial charge in [-0.1, -0.05) is 13.0 Å². The molecule has 116 valence electrons. The molecule has 21 heavy (non-hydrogen) atoms. The molecule has 1 atom stereocenters. The van der Waals surface area contributed by atoms with E-state index >= 15 is 0 Å². The summed E-state index contributed by atoms with van der Waals surface area (Å²) in [5, 5.41) is 0. The van der Waals surface area contributed by atoms with Gasteiger partial charge in [0.15, 0.2) is 0 Å². The third-order valence-electron chi connectivity index (χ3n) is 3.42. The zero-order chi connectivity index (χ0) is 15.6. The molecule has 1 heterocycles. The number of ether oxygens (including phenoxy) is 1. The minimum absolute atomic E-state index is 0.170. The number of nitrogens with zero attached hydrogens (tertiary/aromatic N) is 1. The third kappa shape index (κ3) is 3.34. The van der Waals surface area contributed by atoms with Crippen LogP contribution in [0.1, 0.15) is 29.3 Å². The van der Waals surface area contributed by atoms with Crippen LogP contribution in [-0.2, 0) is 10.9 Å². The first-order chi connectivity index (χ1) is 9.84. The first-order valence-electron chi connectivity index (χ1n) is 6.61. The number of halogens is 4. The van der Waals surface area contributed by atoms with Gasteiger partial charge in [-0.25, -0.2) is 4.39 Å². The normalized spacial score (nSPS) is 19.7. The largest absolute Gasteiger partial charge is 0.419 e. The van der Waals surface area contributed by atoms with Crippen LogP contribution in [0.4, 0.5) is 17.6 Å². The smallest absolute Gasteiger partial charge is 0.375 e. The van der Waals surface area contributed by atoms with Gasteiger partial charge in [-0.2, -0.15) is 13.2 Å². The number of hydrogen-bond acceptors (Lipinski definition) is 2. The Morgan fingerprint density at radius 1 is 1.43 bits per heavy atom. The molecule has 1 aliphatic heterocycles. The molecule has 1 saturated heterocycles. The Hall–Kier alpha value is -1.63. The maximum absolute atomic E-state index is 14.0. The molecule has 0 saturated carbocycles. The van der Waals surface area contributed by atoms with Crippen LogP contribution in [0.3, 0.4) is 0 Å². The van der Waals surface area contributed by atoms with E-state index in [1.54, 1.807) is 0 Å². The standard InChI is InChI=1S/C14H15F4NO2/c1-2-9-8-19(6-7-21-9)13(20)10-4-3-5-11(12(10)15)14(16,17)18/h3-5,9H,2,6-8H2,1H3. The van der Waals surface area contributed by atoms with Gasteiger partial charge < -0.3 is 9.64 Å². The fraction of sp³-hybridized carbons (Fsp3) is 0.500. The molecule has 1 aromatic rings. The van der Waals surface area contributed by atoms with E-state index in [-0.39, 0.29) is 19.2 Å². The van der Waals surface area contributed by atoms with Gasteiger partial charge in [0.05, 0.1) is 23.8 Å². The zero-order valence-corrected chi connectivity index (χ0v) is 11.4. The lowest BCUT2D eigenvalue weighted by Crippen LogP contribution is -2.45. The van der Waals surface area contributed by atoms with Crippen molar-refractivity contribution in [2.75, 3.05) is 19.7 Å². The lowest BCUT2D eigenvalue weighted by Gasteiger charge is -2.32. The van der Waals surface area contributed by atoms with Gasteiger partial charge in [-0.05, 0) is 18.6 Å². The molecule has 1 aromatic carbocycles. The number of carbonyl (C=O) groups is 1. The zero-order valence-electron chi connectivity index (χ0n) is 11.4. The van der Waals surface area contributed by atoms with Crippen LogP contribution >= 0.6 is 0 Å². The monoisotopic (exact) mass is 305 g/mol. The van der Waals surface area contributed by atoms with Crippen LogP contribution in [-0.4, -0.2) is 36.6 Å². The molecule has 0 bridgehead atoms. The molecule has 1 fully saturated rings. The van der Waals surface area contributed by atoms with Crippen molar-refractivity contribution in [3.63, 3.8) is 0 Å². The van der Waals surface area contributed by atoms with E-state index in [1.165, 1.54) is 4.90 Å². The first-order valence-corrected chi connectivity index (χ1v) is 6.61. The summed E-state index contributed by atoms with van der Waals surface area (Å²) in [5.41, 5.74) is -1.98. The van der Waals surface area contributed by atoms with E-state index in [0.29, 0.717) is 19.1 Å². The minimum atomic E-state index is -4.82. The topological polar surface area (TPSA) is 29.5 Å². The molecule has 7 heteroatoms. The fourth-order valence-corrected chi connectivity index (χ4v) is 2.24. The summed E-state index contributed by atoms with van der Waals surface area (Å²) >= 11 is 0. The summed E-state index contributed by atoms with van der Waals surface area (Å²) in [6, 6.07) is 2.74. The van der Waals surface area contributed by atoms with Gasteiger partial charge in [-0.15, -0.1) is 0 Å². The molecule has 0 spiro atoms. The minimum Gasteiger partial charge on any atom is -0.375 e. The van der Waals surface area contributed by atoms with Crippen molar-refractivity contribution in [3.05, 3.63) is 35.1 Å². The van der Waals surface area contributed by atoms with Crippen molar-refractivity contribution in [2.24, 2.45) is 0 Å². The van der Waals surface area contributed by atoms with Gasteiger partial charge in [-0.3, -0.25) is 4.79 Å². The number of rotatable bonds is 2. The number of amides is 1. The molecule has 3 nitrogen and oxygen atoms in total. The van der Waals surface area contributed by atoms with Crippen LogP contribution in [0.2, 0.25) is 0 Å². The van der Waals surface area contributed by atoms with E-state index in [9.17, 15) is 22.4 Å². The van der Waals surface area contributed by atoms with Crippen molar-refractivity contribution < 1.29 is 27.1 Å². The second-order valence-corrected chi connectivity index (χ2v) is 4.82.